The van der Waals surface area contributed by atoms with E-state index in [2.05, 4.69) is 38.6 Å². The van der Waals surface area contributed by atoms with Crippen molar-refractivity contribution in [3.63, 3.8) is 0 Å². The molecule has 258 valence electrons. The fraction of sp³-hybridized carbons (Fsp3) is 0.688. The minimum Gasteiger partial charge on any atom is -0.394 e. The predicted molar refractivity (Wildman–Crippen MR) is 177 cm³/mol. The second-order valence-electron chi connectivity index (χ2n) is 10.6. The topological polar surface area (TPSA) is 147 Å². The molecule has 4 heterocycles. The van der Waals surface area contributed by atoms with E-state index in [1.54, 1.807) is 19.5 Å². The number of fused-ring (bicyclic) bond motifs is 1. The van der Waals surface area contributed by atoms with Crippen molar-refractivity contribution in [1.82, 2.24) is 24.5 Å². The summed E-state index contributed by atoms with van der Waals surface area (Å²) in [6.45, 7) is 14.5. The molecule has 4 rings (SSSR count). The number of nitrogens with one attached hydrogen (secondary N) is 1. The summed E-state index contributed by atoms with van der Waals surface area (Å²) in [6.07, 6.45) is 5.77. The third kappa shape index (κ3) is 12.3. The van der Waals surface area contributed by atoms with Gasteiger partial charge in [-0.15, -0.1) is 0 Å². The maximum atomic E-state index is 8.64. The minimum absolute atomic E-state index is 0.0213. The summed E-state index contributed by atoms with van der Waals surface area (Å²) in [4.78, 5) is 20.8. The molecule has 14 heteroatoms. The maximum absolute atomic E-state index is 8.64. The van der Waals surface area contributed by atoms with E-state index in [4.69, 9.17) is 43.5 Å². The highest BCUT2D eigenvalue weighted by atomic mass is 16.6. The number of hydrogen-bond donors (Lipinski definition) is 2. The van der Waals surface area contributed by atoms with Crippen LogP contribution in [0.25, 0.3) is 11.0 Å². The Balaban J connectivity index is 0.00000282. The summed E-state index contributed by atoms with van der Waals surface area (Å²) in [5.41, 5.74) is 1.78. The van der Waals surface area contributed by atoms with Crippen LogP contribution in [0.15, 0.2) is 24.5 Å². The Morgan fingerprint density at radius 3 is 2.04 bits per heavy atom. The Kier molecular flexibility index (Phi) is 17.7. The average Bonchev–Trinajstić information content (AvgIpc) is 3.45. The lowest BCUT2D eigenvalue weighted by molar-refractivity contribution is -0.0150. The third-order valence-corrected chi connectivity index (χ3v) is 7.08. The molecule has 1 aliphatic rings. The molecule has 0 aliphatic carbocycles. The molecule has 0 saturated carbocycles. The zero-order valence-electron chi connectivity index (χ0n) is 28.2. The summed E-state index contributed by atoms with van der Waals surface area (Å²) >= 11 is 0. The van der Waals surface area contributed by atoms with Crippen molar-refractivity contribution in [2.45, 2.75) is 59.3 Å². The molecule has 0 atom stereocenters. The largest absolute Gasteiger partial charge is 0.394 e. The number of imidazole rings is 1. The van der Waals surface area contributed by atoms with Gasteiger partial charge in [0.1, 0.15) is 29.6 Å². The molecule has 46 heavy (non-hydrogen) atoms. The second-order valence-corrected chi connectivity index (χ2v) is 10.6. The van der Waals surface area contributed by atoms with Gasteiger partial charge in [0.2, 0.25) is 5.95 Å². The van der Waals surface area contributed by atoms with E-state index in [-0.39, 0.29) is 12.6 Å². The number of pyridine rings is 1. The summed E-state index contributed by atoms with van der Waals surface area (Å²) in [5.74, 6) is 2.91. The molecule has 0 aromatic carbocycles. The Morgan fingerprint density at radius 2 is 1.46 bits per heavy atom. The molecule has 1 fully saturated rings. The zero-order chi connectivity index (χ0) is 33.0. The molecule has 14 nitrogen and oxygen atoms in total. The van der Waals surface area contributed by atoms with Crippen molar-refractivity contribution < 1.29 is 33.5 Å². The van der Waals surface area contributed by atoms with Gasteiger partial charge >= 0.3 is 0 Å². The van der Waals surface area contributed by atoms with Gasteiger partial charge in [0, 0.05) is 38.5 Å². The SMILES string of the molecule is CC.COC1CCN(c2nccc(Nc3cc4c(cn3)nc(COCCOCCOCCOCCOCCO)n4C(C)C)n2)CC1. The second kappa shape index (κ2) is 21.7. The van der Waals surface area contributed by atoms with Crippen LogP contribution in [0.1, 0.15) is 52.4 Å². The summed E-state index contributed by atoms with van der Waals surface area (Å²) in [7, 11) is 1.77. The number of ether oxygens (including phenoxy) is 6. The number of aliphatic hydroxyl groups excluding tert-OH is 1. The fourth-order valence-corrected chi connectivity index (χ4v) is 4.90. The highest BCUT2D eigenvalue weighted by Crippen LogP contribution is 2.25. The van der Waals surface area contributed by atoms with Crippen molar-refractivity contribution in [1.29, 1.82) is 0 Å². The molecule has 0 radical (unpaired) electrons. The number of aliphatic hydroxyl groups is 1. The van der Waals surface area contributed by atoms with E-state index in [0.29, 0.717) is 89.8 Å². The van der Waals surface area contributed by atoms with Crippen LogP contribution < -0.4 is 10.2 Å². The quantitative estimate of drug-likeness (QED) is 0.162. The molecular formula is C32H53N7O7. The van der Waals surface area contributed by atoms with Crippen molar-refractivity contribution >= 4 is 28.6 Å². The first-order valence-electron chi connectivity index (χ1n) is 16.3. The van der Waals surface area contributed by atoms with Gasteiger partial charge in [0.05, 0.1) is 83.9 Å². The molecule has 0 spiro atoms. The number of aromatic nitrogens is 5. The Hall–Kier alpha value is -2.98. The van der Waals surface area contributed by atoms with E-state index in [1.807, 2.05) is 26.0 Å². The van der Waals surface area contributed by atoms with Crippen LogP contribution in [0.3, 0.4) is 0 Å². The molecular weight excluding hydrogens is 594 g/mol. The van der Waals surface area contributed by atoms with Gasteiger partial charge in [-0.25, -0.2) is 15.0 Å². The minimum atomic E-state index is 0.0213. The van der Waals surface area contributed by atoms with Gasteiger partial charge in [-0.3, -0.25) is 0 Å². The molecule has 0 amide bonds. The van der Waals surface area contributed by atoms with Crippen LogP contribution in [-0.2, 0) is 35.0 Å². The molecule has 1 saturated heterocycles. The van der Waals surface area contributed by atoms with Crippen LogP contribution >= 0.6 is 0 Å². The molecule has 3 aromatic rings. The molecule has 2 N–H and O–H groups in total. The van der Waals surface area contributed by atoms with Crippen molar-refractivity contribution in [2.75, 3.05) is 96.5 Å². The van der Waals surface area contributed by atoms with Crippen molar-refractivity contribution in [3.8, 4) is 0 Å². The van der Waals surface area contributed by atoms with Gasteiger partial charge < -0.3 is 48.3 Å². The van der Waals surface area contributed by atoms with Crippen LogP contribution in [0.2, 0.25) is 0 Å². The lowest BCUT2D eigenvalue weighted by atomic mass is 10.1. The first-order chi connectivity index (χ1) is 22.6. The summed E-state index contributed by atoms with van der Waals surface area (Å²) in [5, 5.41) is 12.0. The molecule has 0 unspecified atom stereocenters. The van der Waals surface area contributed by atoms with Crippen molar-refractivity contribution in [2.24, 2.45) is 0 Å². The smallest absolute Gasteiger partial charge is 0.227 e. The van der Waals surface area contributed by atoms with Crippen LogP contribution in [-0.4, -0.2) is 122 Å². The highest BCUT2D eigenvalue weighted by molar-refractivity contribution is 5.79. The highest BCUT2D eigenvalue weighted by Gasteiger charge is 2.21. The zero-order valence-corrected chi connectivity index (χ0v) is 28.2. The van der Waals surface area contributed by atoms with Crippen LogP contribution in [0.5, 0.6) is 0 Å². The monoisotopic (exact) mass is 647 g/mol. The number of anilines is 3. The molecule has 3 aromatic heterocycles. The van der Waals surface area contributed by atoms with Gasteiger partial charge in [0.15, 0.2) is 0 Å². The van der Waals surface area contributed by atoms with E-state index in [9.17, 15) is 0 Å². The van der Waals surface area contributed by atoms with E-state index in [1.165, 1.54) is 0 Å². The Morgan fingerprint density at radius 1 is 0.848 bits per heavy atom. The van der Waals surface area contributed by atoms with E-state index >= 15 is 0 Å². The van der Waals surface area contributed by atoms with Gasteiger partial charge in [-0.1, -0.05) is 13.8 Å². The fourth-order valence-electron chi connectivity index (χ4n) is 4.90. The summed E-state index contributed by atoms with van der Waals surface area (Å²) in [6, 6.07) is 4.02. The normalized spacial score (nSPS) is 13.8. The number of piperidine rings is 1. The van der Waals surface area contributed by atoms with Gasteiger partial charge in [-0.05, 0) is 32.8 Å². The van der Waals surface area contributed by atoms with Crippen LogP contribution in [0.4, 0.5) is 17.6 Å². The number of methoxy groups -OCH3 is 1. The molecule has 0 bridgehead atoms. The average molecular weight is 648 g/mol. The predicted octanol–water partition coefficient (Wildman–Crippen LogP) is 3.76. The first-order valence-corrected chi connectivity index (χ1v) is 16.3. The lowest BCUT2D eigenvalue weighted by Crippen LogP contribution is -2.37. The third-order valence-electron chi connectivity index (χ3n) is 7.08. The van der Waals surface area contributed by atoms with Crippen LogP contribution in [0, 0.1) is 0 Å². The first kappa shape index (κ1) is 37.5. The number of nitrogens with zero attached hydrogens (tertiary/aromatic N) is 6. The van der Waals surface area contributed by atoms with Gasteiger partial charge in [-0.2, -0.15) is 4.98 Å². The molecule has 1 aliphatic heterocycles. The van der Waals surface area contributed by atoms with E-state index in [0.717, 1.165) is 42.8 Å². The maximum Gasteiger partial charge on any atom is 0.227 e. The standard InChI is InChI=1S/C30H47N7O7.C2H6/c1-23(2)37-26-20-28(34-27-4-7-31-30(35-27)36-8-5-24(39-3)6-9-36)32-21-25(26)33-29(37)22-44-19-18-43-17-16-42-15-14-41-13-12-40-11-10-38;1-2/h4,7,20-21,23-24,38H,5-6,8-19,22H2,1-3H3,(H,31,32,34,35);1-2H3. The van der Waals surface area contributed by atoms with Crippen molar-refractivity contribution in [3.05, 3.63) is 30.4 Å². The number of rotatable bonds is 21. The van der Waals surface area contributed by atoms with E-state index < -0.39 is 0 Å². The lowest BCUT2D eigenvalue weighted by Gasteiger charge is -2.31. The van der Waals surface area contributed by atoms with Gasteiger partial charge in [0.25, 0.3) is 0 Å². The Bertz CT molecular complexity index is 1240. The number of hydrogen-bond acceptors (Lipinski definition) is 13. The summed E-state index contributed by atoms with van der Waals surface area (Å²) < 4.78 is 35.1. The Labute approximate surface area is 272 Å².